The third-order valence-electron chi connectivity index (χ3n) is 4.57. The molecule has 2 nitrogen and oxygen atoms in total. The maximum Gasteiger partial charge on any atom is 0.119 e. The van der Waals surface area contributed by atoms with Crippen LogP contribution in [0, 0.1) is 11.3 Å². The van der Waals surface area contributed by atoms with Crippen molar-refractivity contribution in [3.63, 3.8) is 0 Å². The Morgan fingerprint density at radius 3 is 2.50 bits per heavy atom. The molecule has 18 heavy (non-hydrogen) atoms. The van der Waals surface area contributed by atoms with Gasteiger partial charge in [-0.25, -0.2) is 0 Å². The van der Waals surface area contributed by atoms with Crippen molar-refractivity contribution < 1.29 is 4.74 Å². The van der Waals surface area contributed by atoms with Gasteiger partial charge in [0.1, 0.15) is 5.75 Å². The van der Waals surface area contributed by atoms with E-state index >= 15 is 0 Å². The van der Waals surface area contributed by atoms with Crippen LogP contribution in [0.1, 0.15) is 39.2 Å². The first-order valence-corrected chi connectivity index (χ1v) is 6.76. The van der Waals surface area contributed by atoms with Crippen molar-refractivity contribution in [2.45, 2.75) is 39.0 Å². The lowest BCUT2D eigenvalue weighted by molar-refractivity contribution is 0.0503. The van der Waals surface area contributed by atoms with E-state index < -0.39 is 0 Å². The van der Waals surface area contributed by atoms with Gasteiger partial charge in [0.15, 0.2) is 0 Å². The Labute approximate surface area is 111 Å². The molecule has 0 heterocycles. The minimum atomic E-state index is 0.173. The average Bonchev–Trinajstić information content (AvgIpc) is 2.27. The molecule has 0 aromatic heterocycles. The molecule has 0 spiro atoms. The molecule has 1 aliphatic rings. The summed E-state index contributed by atoms with van der Waals surface area (Å²) in [5, 5.41) is 0. The highest BCUT2D eigenvalue weighted by molar-refractivity contribution is 5.36. The van der Waals surface area contributed by atoms with Crippen LogP contribution in [0.4, 0.5) is 0 Å². The van der Waals surface area contributed by atoms with E-state index in [1.807, 2.05) is 6.07 Å². The number of nitrogens with two attached hydrogens (primary N) is 1. The fourth-order valence-corrected chi connectivity index (χ4v) is 2.97. The van der Waals surface area contributed by atoms with Crippen molar-refractivity contribution in [3.8, 4) is 5.75 Å². The van der Waals surface area contributed by atoms with Crippen molar-refractivity contribution in [3.05, 3.63) is 29.8 Å². The molecule has 1 aromatic rings. The van der Waals surface area contributed by atoms with Crippen molar-refractivity contribution in [1.82, 2.24) is 0 Å². The zero-order valence-corrected chi connectivity index (χ0v) is 12.0. The summed E-state index contributed by atoms with van der Waals surface area (Å²) >= 11 is 0. The maximum atomic E-state index is 6.06. The topological polar surface area (TPSA) is 35.2 Å². The van der Waals surface area contributed by atoms with Crippen LogP contribution < -0.4 is 10.5 Å². The lowest BCUT2D eigenvalue weighted by Crippen LogP contribution is -2.50. The fourth-order valence-electron chi connectivity index (χ4n) is 2.97. The number of hydrogen-bond donors (Lipinski definition) is 1. The van der Waals surface area contributed by atoms with E-state index in [1.54, 1.807) is 7.11 Å². The predicted octanol–water partition coefficient (Wildman–Crippen LogP) is 3.35. The lowest BCUT2D eigenvalue weighted by atomic mass is 9.52. The Morgan fingerprint density at radius 1 is 1.33 bits per heavy atom. The smallest absolute Gasteiger partial charge is 0.119 e. The lowest BCUT2D eigenvalue weighted by Gasteiger charge is -2.53. The molecule has 0 aliphatic heterocycles. The van der Waals surface area contributed by atoms with Crippen molar-refractivity contribution in [2.24, 2.45) is 17.1 Å². The largest absolute Gasteiger partial charge is 0.497 e. The highest BCUT2D eigenvalue weighted by Crippen LogP contribution is 2.54. The van der Waals surface area contributed by atoms with Crippen LogP contribution in [0.2, 0.25) is 0 Å². The predicted molar refractivity (Wildman–Crippen MR) is 75.9 cm³/mol. The molecule has 1 saturated carbocycles. The van der Waals surface area contributed by atoms with Crippen LogP contribution in [-0.2, 0) is 5.41 Å². The van der Waals surface area contributed by atoms with E-state index in [2.05, 4.69) is 39.0 Å². The Morgan fingerprint density at radius 2 is 2.00 bits per heavy atom. The molecule has 0 amide bonds. The van der Waals surface area contributed by atoms with E-state index in [4.69, 9.17) is 10.5 Å². The summed E-state index contributed by atoms with van der Waals surface area (Å²) in [6, 6.07) is 8.39. The first kappa shape index (κ1) is 13.4. The molecule has 2 N–H and O–H groups in total. The first-order valence-electron chi connectivity index (χ1n) is 6.76. The zero-order valence-electron chi connectivity index (χ0n) is 12.0. The first-order chi connectivity index (χ1) is 8.41. The van der Waals surface area contributed by atoms with Gasteiger partial charge in [-0.1, -0.05) is 32.9 Å². The van der Waals surface area contributed by atoms with Gasteiger partial charge in [-0.15, -0.1) is 0 Å². The number of benzene rings is 1. The molecule has 1 fully saturated rings. The van der Waals surface area contributed by atoms with E-state index in [9.17, 15) is 0 Å². The number of ether oxygens (including phenoxy) is 1. The summed E-state index contributed by atoms with van der Waals surface area (Å²) in [6.07, 6.45) is 2.39. The quantitative estimate of drug-likeness (QED) is 0.889. The number of hydrogen-bond acceptors (Lipinski definition) is 2. The van der Waals surface area contributed by atoms with Gasteiger partial charge >= 0.3 is 0 Å². The second-order valence-corrected chi connectivity index (χ2v) is 6.69. The maximum absolute atomic E-state index is 6.06. The van der Waals surface area contributed by atoms with Crippen LogP contribution >= 0.6 is 0 Å². The molecule has 0 unspecified atom stereocenters. The average molecular weight is 247 g/mol. The fraction of sp³-hybridized carbons (Fsp3) is 0.625. The summed E-state index contributed by atoms with van der Waals surface area (Å²) in [5.74, 6) is 1.70. The van der Waals surface area contributed by atoms with E-state index in [1.165, 1.54) is 18.4 Å². The van der Waals surface area contributed by atoms with Gasteiger partial charge < -0.3 is 10.5 Å². The van der Waals surface area contributed by atoms with Crippen LogP contribution in [0.25, 0.3) is 0 Å². The third-order valence-corrected chi connectivity index (χ3v) is 4.57. The Balaban J connectivity index is 2.20. The summed E-state index contributed by atoms with van der Waals surface area (Å²) in [7, 11) is 1.72. The van der Waals surface area contributed by atoms with Crippen LogP contribution in [0.15, 0.2) is 24.3 Å². The molecule has 1 aliphatic carbocycles. The van der Waals surface area contributed by atoms with Crippen molar-refractivity contribution in [1.29, 1.82) is 0 Å². The Kier molecular flexibility index (Phi) is 3.41. The molecular formula is C16H25NO. The molecular weight excluding hydrogens is 222 g/mol. The second kappa shape index (κ2) is 4.58. The third kappa shape index (κ3) is 2.26. The van der Waals surface area contributed by atoms with Crippen LogP contribution in [0.3, 0.4) is 0 Å². The second-order valence-electron chi connectivity index (χ2n) is 6.69. The van der Waals surface area contributed by atoms with E-state index in [0.29, 0.717) is 5.41 Å². The minimum absolute atomic E-state index is 0.173. The SMILES string of the molecule is COc1cccc(C2(CN)CC(C(C)(C)C)C2)c1. The Bertz CT molecular complexity index is 413. The van der Waals surface area contributed by atoms with Gasteiger partial charge in [0.05, 0.1) is 7.11 Å². The van der Waals surface area contributed by atoms with Crippen molar-refractivity contribution in [2.75, 3.05) is 13.7 Å². The minimum Gasteiger partial charge on any atom is -0.497 e. The molecule has 1 aromatic carbocycles. The van der Waals surface area contributed by atoms with Crippen molar-refractivity contribution >= 4 is 0 Å². The Hall–Kier alpha value is -1.02. The summed E-state index contributed by atoms with van der Waals surface area (Å²) < 4.78 is 5.32. The molecule has 0 bridgehead atoms. The zero-order chi connectivity index (χ0) is 13.4. The summed E-state index contributed by atoms with van der Waals surface area (Å²) in [5.41, 5.74) is 7.95. The molecule has 100 valence electrons. The normalized spacial score (nSPS) is 27.7. The molecule has 2 rings (SSSR count). The van der Waals surface area contributed by atoms with Crippen LogP contribution in [0.5, 0.6) is 5.75 Å². The van der Waals surface area contributed by atoms with Gasteiger partial charge in [-0.3, -0.25) is 0 Å². The molecule has 2 heteroatoms. The standard InChI is InChI=1S/C16H25NO/c1-15(2,3)13-9-16(10-13,11-17)12-6-5-7-14(8-12)18-4/h5-8,13H,9-11,17H2,1-4H3. The summed E-state index contributed by atoms with van der Waals surface area (Å²) in [4.78, 5) is 0. The molecule has 0 saturated heterocycles. The van der Waals surface area contributed by atoms with Gasteiger partial charge in [0.25, 0.3) is 0 Å². The van der Waals surface area contributed by atoms with Gasteiger partial charge in [-0.05, 0) is 41.9 Å². The monoisotopic (exact) mass is 247 g/mol. The highest BCUT2D eigenvalue weighted by atomic mass is 16.5. The van der Waals surface area contributed by atoms with Gasteiger partial charge in [-0.2, -0.15) is 0 Å². The van der Waals surface area contributed by atoms with Crippen LogP contribution in [-0.4, -0.2) is 13.7 Å². The number of methoxy groups -OCH3 is 1. The van der Waals surface area contributed by atoms with E-state index in [-0.39, 0.29) is 5.41 Å². The van der Waals surface area contributed by atoms with E-state index in [0.717, 1.165) is 18.2 Å². The van der Waals surface area contributed by atoms with Gasteiger partial charge in [0.2, 0.25) is 0 Å². The van der Waals surface area contributed by atoms with Gasteiger partial charge in [0, 0.05) is 12.0 Å². The molecule has 0 atom stereocenters. The molecule has 0 radical (unpaired) electrons. The summed E-state index contributed by atoms with van der Waals surface area (Å²) in [6.45, 7) is 7.70. The highest BCUT2D eigenvalue weighted by Gasteiger charge is 2.48. The number of rotatable bonds is 3.